The van der Waals surface area contributed by atoms with Gasteiger partial charge >= 0.3 is 0 Å². The quantitative estimate of drug-likeness (QED) is 0.847. The van der Waals surface area contributed by atoms with Crippen molar-refractivity contribution < 1.29 is 4.79 Å². The third kappa shape index (κ3) is 2.75. The van der Waals surface area contributed by atoms with Gasteiger partial charge in [-0.3, -0.25) is 4.79 Å². The van der Waals surface area contributed by atoms with E-state index in [1.165, 1.54) is 5.69 Å². The van der Waals surface area contributed by atoms with Gasteiger partial charge < -0.3 is 10.2 Å². The number of hydrogen-bond donors (Lipinski definition) is 1. The van der Waals surface area contributed by atoms with Crippen LogP contribution in [0.2, 0.25) is 0 Å². The predicted octanol–water partition coefficient (Wildman–Crippen LogP) is 2.96. The van der Waals surface area contributed by atoms with Crippen LogP contribution < -0.4 is 10.2 Å². The van der Waals surface area contributed by atoms with E-state index in [1.807, 2.05) is 6.07 Å². The van der Waals surface area contributed by atoms with Crippen molar-refractivity contribution in [3.63, 3.8) is 0 Å². The van der Waals surface area contributed by atoms with Crippen LogP contribution in [0.4, 0.5) is 5.69 Å². The number of hydrogen-bond acceptors (Lipinski definition) is 2. The minimum atomic E-state index is 0.0176. The molecule has 0 bridgehead atoms. The number of carbonyl (C=O) groups is 1. The van der Waals surface area contributed by atoms with Crippen LogP contribution in [-0.2, 0) is 4.79 Å². The standard InChI is InChI=1S/C16H24N2O/c1-15(2)10-13(17-12-19)11-16(3,4)18(15)14-8-6-5-7-9-14/h5-9,12-13H,10-11H2,1-4H3,(H,17,19). The first-order chi connectivity index (χ1) is 8.87. The fourth-order valence-electron chi connectivity index (χ4n) is 3.77. The van der Waals surface area contributed by atoms with E-state index in [0.717, 1.165) is 19.3 Å². The molecule has 1 fully saturated rings. The van der Waals surface area contributed by atoms with E-state index in [4.69, 9.17) is 0 Å². The van der Waals surface area contributed by atoms with E-state index < -0.39 is 0 Å². The van der Waals surface area contributed by atoms with E-state index in [-0.39, 0.29) is 17.1 Å². The van der Waals surface area contributed by atoms with Crippen LogP contribution in [0.1, 0.15) is 40.5 Å². The summed E-state index contributed by atoms with van der Waals surface area (Å²) in [5.74, 6) is 0. The zero-order chi connectivity index (χ0) is 14.1. The van der Waals surface area contributed by atoms with Gasteiger partial charge in [0.1, 0.15) is 0 Å². The van der Waals surface area contributed by atoms with Gasteiger partial charge in [-0.25, -0.2) is 0 Å². The van der Waals surface area contributed by atoms with Crippen LogP contribution in [0.5, 0.6) is 0 Å². The monoisotopic (exact) mass is 260 g/mol. The first-order valence-corrected chi connectivity index (χ1v) is 6.92. The highest BCUT2D eigenvalue weighted by molar-refractivity contribution is 5.53. The molecule has 104 valence electrons. The molecule has 1 aromatic carbocycles. The molecular weight excluding hydrogens is 236 g/mol. The summed E-state index contributed by atoms with van der Waals surface area (Å²) in [6, 6.07) is 10.8. The molecule has 3 nitrogen and oxygen atoms in total. The number of para-hydroxylation sites is 1. The van der Waals surface area contributed by atoms with E-state index in [1.54, 1.807) is 0 Å². The van der Waals surface area contributed by atoms with Crippen LogP contribution >= 0.6 is 0 Å². The Morgan fingerprint density at radius 2 is 1.63 bits per heavy atom. The van der Waals surface area contributed by atoms with Gasteiger partial charge in [-0.15, -0.1) is 0 Å². The summed E-state index contributed by atoms with van der Waals surface area (Å²) in [5, 5.41) is 2.96. The molecule has 1 aromatic rings. The maximum atomic E-state index is 10.7. The smallest absolute Gasteiger partial charge is 0.207 e. The number of carbonyl (C=O) groups excluding carboxylic acids is 1. The predicted molar refractivity (Wildman–Crippen MR) is 79.3 cm³/mol. The fraction of sp³-hybridized carbons (Fsp3) is 0.562. The summed E-state index contributed by atoms with van der Waals surface area (Å²) in [6.45, 7) is 9.00. The molecule has 0 radical (unpaired) electrons. The van der Waals surface area contributed by atoms with Crippen LogP contribution in [0.3, 0.4) is 0 Å². The molecular formula is C16H24N2O. The number of anilines is 1. The van der Waals surface area contributed by atoms with Crippen molar-refractivity contribution in [3.8, 4) is 0 Å². The molecule has 1 amide bonds. The molecule has 1 aliphatic heterocycles. The minimum absolute atomic E-state index is 0.0176. The molecule has 0 aromatic heterocycles. The number of nitrogens with zero attached hydrogens (tertiary/aromatic N) is 1. The van der Waals surface area contributed by atoms with Crippen LogP contribution in [0.25, 0.3) is 0 Å². The molecule has 2 rings (SSSR count). The Morgan fingerprint density at radius 3 is 2.11 bits per heavy atom. The van der Waals surface area contributed by atoms with Gasteiger partial charge in [0.2, 0.25) is 6.41 Å². The number of nitrogens with one attached hydrogen (secondary N) is 1. The Kier molecular flexibility index (Phi) is 3.57. The Bertz CT molecular complexity index is 421. The first kappa shape index (κ1) is 13.9. The second-order valence-electron chi connectivity index (χ2n) is 6.69. The van der Waals surface area contributed by atoms with Gasteiger partial charge in [-0.1, -0.05) is 18.2 Å². The van der Waals surface area contributed by atoms with Crippen molar-refractivity contribution >= 4 is 12.1 Å². The first-order valence-electron chi connectivity index (χ1n) is 6.92. The molecule has 1 aliphatic rings. The average molecular weight is 260 g/mol. The largest absolute Gasteiger partial charge is 0.361 e. The average Bonchev–Trinajstić information content (AvgIpc) is 2.27. The molecule has 1 saturated heterocycles. The summed E-state index contributed by atoms with van der Waals surface area (Å²) in [5.41, 5.74) is 1.29. The second-order valence-corrected chi connectivity index (χ2v) is 6.69. The highest BCUT2D eigenvalue weighted by Crippen LogP contribution is 2.41. The van der Waals surface area contributed by atoms with Crippen molar-refractivity contribution in [1.82, 2.24) is 5.32 Å². The molecule has 3 heteroatoms. The maximum Gasteiger partial charge on any atom is 0.207 e. The molecule has 0 saturated carbocycles. The van der Waals surface area contributed by atoms with Gasteiger partial charge in [0.05, 0.1) is 0 Å². The van der Waals surface area contributed by atoms with Crippen molar-refractivity contribution in [2.24, 2.45) is 0 Å². The lowest BCUT2D eigenvalue weighted by atomic mass is 9.76. The van der Waals surface area contributed by atoms with Gasteiger partial charge in [-0.05, 0) is 52.7 Å². The fourth-order valence-corrected chi connectivity index (χ4v) is 3.77. The minimum Gasteiger partial charge on any atom is -0.361 e. The molecule has 0 atom stereocenters. The van der Waals surface area contributed by atoms with E-state index in [0.29, 0.717) is 0 Å². The summed E-state index contributed by atoms with van der Waals surface area (Å²) < 4.78 is 0. The van der Waals surface area contributed by atoms with Gasteiger partial charge in [0.25, 0.3) is 0 Å². The van der Waals surface area contributed by atoms with Gasteiger partial charge in [0, 0.05) is 22.8 Å². The van der Waals surface area contributed by atoms with Crippen LogP contribution in [0.15, 0.2) is 30.3 Å². The Hall–Kier alpha value is -1.51. The molecule has 0 spiro atoms. The summed E-state index contributed by atoms with van der Waals surface area (Å²) in [7, 11) is 0. The lowest BCUT2D eigenvalue weighted by Gasteiger charge is -2.56. The Balaban J connectivity index is 2.35. The Labute approximate surface area is 116 Å². The van der Waals surface area contributed by atoms with Crippen molar-refractivity contribution in [1.29, 1.82) is 0 Å². The van der Waals surface area contributed by atoms with Crippen molar-refractivity contribution in [3.05, 3.63) is 30.3 Å². The van der Waals surface area contributed by atoms with Crippen LogP contribution in [0, 0.1) is 0 Å². The number of rotatable bonds is 3. The normalized spacial score (nSPS) is 22.0. The van der Waals surface area contributed by atoms with E-state index in [9.17, 15) is 4.79 Å². The number of benzene rings is 1. The lowest BCUT2D eigenvalue weighted by Crippen LogP contribution is -2.64. The lowest BCUT2D eigenvalue weighted by molar-refractivity contribution is -0.110. The van der Waals surface area contributed by atoms with Gasteiger partial charge in [0.15, 0.2) is 0 Å². The highest BCUT2D eigenvalue weighted by atomic mass is 16.1. The van der Waals surface area contributed by atoms with E-state index in [2.05, 4.69) is 62.2 Å². The summed E-state index contributed by atoms with van der Waals surface area (Å²) in [6.07, 6.45) is 2.75. The zero-order valence-corrected chi connectivity index (χ0v) is 12.3. The zero-order valence-electron chi connectivity index (χ0n) is 12.3. The highest BCUT2D eigenvalue weighted by Gasteiger charge is 2.45. The third-order valence-corrected chi connectivity index (χ3v) is 4.02. The molecule has 19 heavy (non-hydrogen) atoms. The van der Waals surface area contributed by atoms with Crippen molar-refractivity contribution in [2.45, 2.75) is 57.7 Å². The SMILES string of the molecule is CC1(C)CC(NC=O)CC(C)(C)N1c1ccccc1. The van der Waals surface area contributed by atoms with Crippen LogP contribution in [-0.4, -0.2) is 23.5 Å². The number of piperidine rings is 1. The molecule has 1 heterocycles. The van der Waals surface area contributed by atoms with Gasteiger partial charge in [-0.2, -0.15) is 0 Å². The molecule has 0 aliphatic carbocycles. The summed E-state index contributed by atoms with van der Waals surface area (Å²) in [4.78, 5) is 13.2. The molecule has 1 N–H and O–H groups in total. The Morgan fingerprint density at radius 1 is 1.11 bits per heavy atom. The number of amides is 1. The second kappa shape index (κ2) is 4.87. The van der Waals surface area contributed by atoms with E-state index >= 15 is 0 Å². The third-order valence-electron chi connectivity index (χ3n) is 4.02. The maximum absolute atomic E-state index is 10.7. The topological polar surface area (TPSA) is 32.3 Å². The molecule has 0 unspecified atom stereocenters. The summed E-state index contributed by atoms with van der Waals surface area (Å²) >= 11 is 0. The van der Waals surface area contributed by atoms with Crippen molar-refractivity contribution in [2.75, 3.05) is 4.90 Å².